The average Bonchev–Trinajstić information content (AvgIpc) is 2.49. The molecular formula is C8H14N4OS2. The van der Waals surface area contributed by atoms with Crippen LogP contribution in [0.2, 0.25) is 0 Å². The third kappa shape index (κ3) is 2.60. The normalized spacial score (nSPS) is 10.1. The number of nitrogens with one attached hydrogen (secondary N) is 2. The molecule has 0 saturated heterocycles. The molecule has 15 heavy (non-hydrogen) atoms. The van der Waals surface area contributed by atoms with Crippen molar-refractivity contribution in [1.82, 2.24) is 9.78 Å². The highest BCUT2D eigenvalue weighted by Crippen LogP contribution is 2.23. The largest absolute Gasteiger partial charge is 0.381 e. The fourth-order valence-electron chi connectivity index (χ4n) is 1.15. The molecule has 1 aromatic rings. The van der Waals surface area contributed by atoms with Crippen LogP contribution >= 0.6 is 23.5 Å². The summed E-state index contributed by atoms with van der Waals surface area (Å²) in [6.45, 7) is 0. The van der Waals surface area contributed by atoms with Crippen molar-refractivity contribution < 1.29 is 0 Å². The van der Waals surface area contributed by atoms with Gasteiger partial charge in [0, 0.05) is 14.1 Å². The van der Waals surface area contributed by atoms with Gasteiger partial charge in [0.1, 0.15) is 10.1 Å². The lowest BCUT2D eigenvalue weighted by Gasteiger charge is -2.02. The van der Waals surface area contributed by atoms with E-state index < -0.39 is 0 Å². The molecule has 0 amide bonds. The number of hydrogen-bond acceptors (Lipinski definition) is 5. The summed E-state index contributed by atoms with van der Waals surface area (Å²) in [4.78, 5) is 15.8. The SMILES string of the molecule is CNc1c(N=C(SC)SC)n(C)[nH]c1=O. The molecule has 2 N–H and O–H groups in total. The fourth-order valence-corrected chi connectivity index (χ4v) is 2.17. The van der Waals surface area contributed by atoms with Crippen LogP contribution in [0.25, 0.3) is 0 Å². The van der Waals surface area contributed by atoms with E-state index in [2.05, 4.69) is 15.4 Å². The van der Waals surface area contributed by atoms with Crippen LogP contribution in [-0.2, 0) is 7.05 Å². The first kappa shape index (κ1) is 12.3. The van der Waals surface area contributed by atoms with Crippen molar-refractivity contribution >= 4 is 39.4 Å². The Morgan fingerprint density at radius 1 is 1.47 bits per heavy atom. The summed E-state index contributed by atoms with van der Waals surface area (Å²) < 4.78 is 2.53. The Morgan fingerprint density at radius 2 is 2.07 bits per heavy atom. The van der Waals surface area contributed by atoms with Crippen LogP contribution < -0.4 is 10.9 Å². The van der Waals surface area contributed by atoms with E-state index in [4.69, 9.17) is 0 Å². The summed E-state index contributed by atoms with van der Waals surface area (Å²) in [6, 6.07) is 0. The van der Waals surface area contributed by atoms with Gasteiger partial charge in [-0.2, -0.15) is 0 Å². The zero-order valence-electron chi connectivity index (χ0n) is 9.12. The Hall–Kier alpha value is -0.820. The number of hydrogen-bond donors (Lipinski definition) is 2. The summed E-state index contributed by atoms with van der Waals surface area (Å²) in [5, 5.41) is 5.50. The first-order valence-corrected chi connectivity index (χ1v) is 6.72. The molecule has 0 aliphatic carbocycles. The number of aromatic amines is 1. The van der Waals surface area contributed by atoms with Gasteiger partial charge in [0.25, 0.3) is 5.56 Å². The third-order valence-corrected chi connectivity index (χ3v) is 3.72. The summed E-state index contributed by atoms with van der Waals surface area (Å²) in [5.41, 5.74) is 0.346. The molecule has 1 rings (SSSR count). The first-order chi connectivity index (χ1) is 7.13. The summed E-state index contributed by atoms with van der Waals surface area (Å²) in [7, 11) is 3.47. The molecule has 0 aliphatic heterocycles. The minimum Gasteiger partial charge on any atom is -0.381 e. The molecule has 0 aliphatic rings. The molecule has 1 heterocycles. The Morgan fingerprint density at radius 3 is 2.53 bits per heavy atom. The zero-order chi connectivity index (χ0) is 11.4. The fraction of sp³-hybridized carbons (Fsp3) is 0.500. The molecule has 1 aromatic heterocycles. The van der Waals surface area contributed by atoms with E-state index in [0.29, 0.717) is 11.5 Å². The molecule has 0 spiro atoms. The highest BCUT2D eigenvalue weighted by Gasteiger charge is 2.11. The van der Waals surface area contributed by atoms with Gasteiger partial charge in [0.2, 0.25) is 0 Å². The van der Waals surface area contributed by atoms with Gasteiger partial charge >= 0.3 is 0 Å². The quantitative estimate of drug-likeness (QED) is 0.613. The molecule has 0 bridgehead atoms. The maximum absolute atomic E-state index is 11.4. The molecule has 0 atom stereocenters. The van der Waals surface area contributed by atoms with Crippen molar-refractivity contribution in [2.45, 2.75) is 0 Å². The second-order valence-corrected chi connectivity index (χ2v) is 4.58. The van der Waals surface area contributed by atoms with Crippen LogP contribution in [0.5, 0.6) is 0 Å². The maximum Gasteiger partial charge on any atom is 0.289 e. The summed E-state index contributed by atoms with van der Waals surface area (Å²) >= 11 is 3.12. The van der Waals surface area contributed by atoms with Crippen molar-refractivity contribution in [3.63, 3.8) is 0 Å². The van der Waals surface area contributed by atoms with E-state index in [0.717, 1.165) is 4.38 Å². The Bertz CT molecular complexity index is 415. The number of aromatic nitrogens is 2. The molecule has 0 saturated carbocycles. The Kier molecular flexibility index (Phi) is 4.34. The van der Waals surface area contributed by atoms with Gasteiger partial charge in [-0.05, 0) is 12.5 Å². The van der Waals surface area contributed by atoms with Gasteiger partial charge in [0.15, 0.2) is 5.82 Å². The van der Waals surface area contributed by atoms with Crippen molar-refractivity contribution in [2.75, 3.05) is 24.9 Å². The van der Waals surface area contributed by atoms with Crippen LogP contribution in [0, 0.1) is 0 Å². The van der Waals surface area contributed by atoms with Crippen LogP contribution in [0.15, 0.2) is 9.79 Å². The number of anilines is 1. The number of aryl methyl sites for hydroxylation is 1. The lowest BCUT2D eigenvalue weighted by molar-refractivity contribution is 0.760. The number of H-pyrrole nitrogens is 1. The molecule has 0 fully saturated rings. The third-order valence-electron chi connectivity index (χ3n) is 1.83. The van der Waals surface area contributed by atoms with Crippen LogP contribution in [-0.4, -0.2) is 33.7 Å². The second-order valence-electron chi connectivity index (χ2n) is 2.73. The predicted octanol–water partition coefficient (Wildman–Crippen LogP) is 1.47. The monoisotopic (exact) mass is 246 g/mol. The molecule has 0 radical (unpaired) electrons. The number of thioether (sulfide) groups is 2. The van der Waals surface area contributed by atoms with E-state index in [-0.39, 0.29) is 5.56 Å². The smallest absolute Gasteiger partial charge is 0.289 e. The standard InChI is InChI=1S/C8H14N4OS2/c1-9-5-6(10-8(14-3)15-4)12(2)11-7(5)13/h9H,1-4H3,(H,11,13). The lowest BCUT2D eigenvalue weighted by atomic mass is 10.5. The van der Waals surface area contributed by atoms with Gasteiger partial charge in [0.05, 0.1) is 0 Å². The summed E-state index contributed by atoms with van der Waals surface area (Å²) in [6.07, 6.45) is 3.91. The van der Waals surface area contributed by atoms with E-state index in [9.17, 15) is 4.79 Å². The number of nitrogens with zero attached hydrogens (tertiary/aromatic N) is 2. The maximum atomic E-state index is 11.4. The first-order valence-electron chi connectivity index (χ1n) is 4.27. The Balaban J connectivity index is 3.24. The molecule has 0 unspecified atom stereocenters. The van der Waals surface area contributed by atoms with E-state index in [1.807, 2.05) is 12.5 Å². The highest BCUT2D eigenvalue weighted by molar-refractivity contribution is 8.38. The molecule has 5 nitrogen and oxygen atoms in total. The number of aliphatic imine (C=N–C) groups is 1. The molecule has 7 heteroatoms. The summed E-state index contributed by atoms with van der Waals surface area (Å²) in [5.74, 6) is 0.626. The van der Waals surface area contributed by atoms with Gasteiger partial charge in [-0.25, -0.2) is 4.99 Å². The zero-order valence-corrected chi connectivity index (χ0v) is 10.8. The number of rotatable bonds is 2. The van der Waals surface area contributed by atoms with Gasteiger partial charge in [-0.1, -0.05) is 0 Å². The topological polar surface area (TPSA) is 62.2 Å². The van der Waals surface area contributed by atoms with Crippen molar-refractivity contribution in [1.29, 1.82) is 0 Å². The van der Waals surface area contributed by atoms with Crippen molar-refractivity contribution in [2.24, 2.45) is 12.0 Å². The van der Waals surface area contributed by atoms with Crippen LogP contribution in [0.4, 0.5) is 11.5 Å². The lowest BCUT2D eigenvalue weighted by Crippen LogP contribution is -2.05. The van der Waals surface area contributed by atoms with E-state index in [1.165, 1.54) is 0 Å². The minimum atomic E-state index is -0.152. The van der Waals surface area contributed by atoms with Crippen molar-refractivity contribution in [3.8, 4) is 0 Å². The van der Waals surface area contributed by atoms with E-state index in [1.54, 1.807) is 42.3 Å². The Labute approximate surface area is 96.7 Å². The van der Waals surface area contributed by atoms with Crippen LogP contribution in [0.1, 0.15) is 0 Å². The second kappa shape index (κ2) is 5.32. The molecule has 0 aromatic carbocycles. The molecular weight excluding hydrogens is 232 g/mol. The average molecular weight is 246 g/mol. The predicted molar refractivity (Wildman–Crippen MR) is 69.7 cm³/mol. The van der Waals surface area contributed by atoms with Crippen molar-refractivity contribution in [3.05, 3.63) is 10.4 Å². The molecule has 84 valence electrons. The minimum absolute atomic E-state index is 0.152. The van der Waals surface area contributed by atoms with E-state index >= 15 is 0 Å². The van der Waals surface area contributed by atoms with Crippen LogP contribution in [0.3, 0.4) is 0 Å². The van der Waals surface area contributed by atoms with Gasteiger partial charge in [-0.3, -0.25) is 14.6 Å². The van der Waals surface area contributed by atoms with Gasteiger partial charge in [-0.15, -0.1) is 23.5 Å². The van der Waals surface area contributed by atoms with Gasteiger partial charge < -0.3 is 5.32 Å². The highest BCUT2D eigenvalue weighted by atomic mass is 32.2.